The molecule has 2 aromatic heterocycles. The smallest absolute Gasteiger partial charge is 0.305 e. The minimum absolute atomic E-state index is 0.0344. The average Bonchev–Trinajstić information content (AvgIpc) is 2.82. The third-order valence-electron chi connectivity index (χ3n) is 3.89. The zero-order valence-corrected chi connectivity index (χ0v) is 14.8. The van der Waals surface area contributed by atoms with Gasteiger partial charge in [-0.3, -0.25) is 14.2 Å². The molecule has 0 N–H and O–H groups in total. The summed E-state index contributed by atoms with van der Waals surface area (Å²) in [5.41, 5.74) is 0.954. The number of ether oxygens (including phenoxy) is 2. The molecule has 2 rings (SSSR count). The lowest BCUT2D eigenvalue weighted by atomic mass is 10.2. The second kappa shape index (κ2) is 7.70. The highest BCUT2D eigenvalue weighted by Crippen LogP contribution is 2.26. The first-order chi connectivity index (χ1) is 11.0. The monoisotopic (exact) mass is 338 g/mol. The van der Waals surface area contributed by atoms with Gasteiger partial charge in [-0.05, 0) is 25.8 Å². The Labute approximate surface area is 139 Å². The minimum atomic E-state index is -0.270. The number of fused-ring (bicyclic) bond motifs is 1. The number of nitrogens with zero attached hydrogens (tertiary/aromatic N) is 2. The van der Waals surface area contributed by atoms with Crippen LogP contribution in [-0.2, 0) is 27.2 Å². The molecule has 0 amide bonds. The summed E-state index contributed by atoms with van der Waals surface area (Å²) in [5.74, 6) is 0.434. The fraction of sp³-hybridized carbons (Fsp3) is 0.562. The summed E-state index contributed by atoms with van der Waals surface area (Å²) in [7, 11) is 2.99. The van der Waals surface area contributed by atoms with Gasteiger partial charge in [0.1, 0.15) is 10.7 Å². The van der Waals surface area contributed by atoms with Crippen molar-refractivity contribution in [3.63, 3.8) is 0 Å². The zero-order valence-electron chi connectivity index (χ0n) is 14.0. The van der Waals surface area contributed by atoms with Crippen LogP contribution in [0.25, 0.3) is 10.2 Å². The third-order valence-corrected chi connectivity index (χ3v) is 4.99. The number of carbonyl (C=O) groups is 1. The Balaban J connectivity index is 2.41. The van der Waals surface area contributed by atoms with Crippen LogP contribution in [0.3, 0.4) is 0 Å². The van der Waals surface area contributed by atoms with E-state index in [1.807, 2.05) is 13.8 Å². The van der Waals surface area contributed by atoms with Gasteiger partial charge in [-0.1, -0.05) is 0 Å². The quantitative estimate of drug-likeness (QED) is 0.724. The molecule has 6 nitrogen and oxygen atoms in total. The van der Waals surface area contributed by atoms with Gasteiger partial charge in [-0.25, -0.2) is 4.98 Å². The van der Waals surface area contributed by atoms with Gasteiger partial charge in [-0.15, -0.1) is 11.3 Å². The van der Waals surface area contributed by atoms with Crippen molar-refractivity contribution in [2.75, 3.05) is 20.8 Å². The molecule has 0 aliphatic heterocycles. The maximum atomic E-state index is 12.9. The van der Waals surface area contributed by atoms with Crippen LogP contribution in [-0.4, -0.2) is 36.3 Å². The van der Waals surface area contributed by atoms with Crippen molar-refractivity contribution >= 4 is 27.5 Å². The highest BCUT2D eigenvalue weighted by Gasteiger charge is 2.16. The summed E-state index contributed by atoms with van der Waals surface area (Å²) < 4.78 is 11.4. The van der Waals surface area contributed by atoms with Gasteiger partial charge >= 0.3 is 5.97 Å². The van der Waals surface area contributed by atoms with Gasteiger partial charge in [0.25, 0.3) is 5.56 Å². The van der Waals surface area contributed by atoms with Crippen LogP contribution >= 0.6 is 11.3 Å². The van der Waals surface area contributed by atoms with Gasteiger partial charge < -0.3 is 9.47 Å². The molecule has 7 heteroatoms. The standard InChI is InChI=1S/C16H22N2O4S/c1-10-11(2)23-15-14(10)16(20)18(8-5-6-13(19)22-4)12(17-15)7-9-21-3/h5-9H2,1-4H3. The molecule has 0 atom stereocenters. The summed E-state index contributed by atoms with van der Waals surface area (Å²) in [6.45, 7) is 4.89. The Morgan fingerprint density at radius 3 is 2.70 bits per heavy atom. The van der Waals surface area contributed by atoms with E-state index in [0.717, 1.165) is 15.3 Å². The van der Waals surface area contributed by atoms with Crippen LogP contribution in [0.2, 0.25) is 0 Å². The molecule has 2 heterocycles. The predicted octanol–water partition coefficient (Wildman–Crippen LogP) is 2.22. The topological polar surface area (TPSA) is 70.4 Å². The van der Waals surface area contributed by atoms with E-state index in [1.165, 1.54) is 7.11 Å². The summed E-state index contributed by atoms with van der Waals surface area (Å²) in [4.78, 5) is 30.7. The van der Waals surface area contributed by atoms with Gasteiger partial charge in [0.2, 0.25) is 0 Å². The van der Waals surface area contributed by atoms with Crippen molar-refractivity contribution in [2.24, 2.45) is 0 Å². The van der Waals surface area contributed by atoms with Crippen LogP contribution in [0, 0.1) is 13.8 Å². The number of thiophene rings is 1. The van der Waals surface area contributed by atoms with Gasteiger partial charge in [-0.2, -0.15) is 0 Å². The van der Waals surface area contributed by atoms with E-state index in [2.05, 4.69) is 9.72 Å². The number of aryl methyl sites for hydroxylation is 2. The van der Waals surface area contributed by atoms with E-state index in [9.17, 15) is 9.59 Å². The number of methoxy groups -OCH3 is 2. The maximum absolute atomic E-state index is 12.9. The van der Waals surface area contributed by atoms with Crippen molar-refractivity contribution in [3.05, 3.63) is 26.6 Å². The van der Waals surface area contributed by atoms with E-state index in [0.29, 0.717) is 37.2 Å². The Kier molecular flexibility index (Phi) is 5.90. The lowest BCUT2D eigenvalue weighted by Crippen LogP contribution is -2.26. The van der Waals surface area contributed by atoms with Crippen molar-refractivity contribution in [3.8, 4) is 0 Å². The normalized spacial score (nSPS) is 11.1. The first kappa shape index (κ1) is 17.6. The summed E-state index contributed by atoms with van der Waals surface area (Å²) >= 11 is 1.54. The molecule has 0 aromatic carbocycles. The second-order valence-electron chi connectivity index (χ2n) is 5.37. The van der Waals surface area contributed by atoms with E-state index >= 15 is 0 Å². The molecule has 0 bridgehead atoms. The maximum Gasteiger partial charge on any atom is 0.305 e. The number of hydrogen-bond acceptors (Lipinski definition) is 6. The number of hydrogen-bond donors (Lipinski definition) is 0. The van der Waals surface area contributed by atoms with E-state index in [4.69, 9.17) is 4.74 Å². The molecule has 0 fully saturated rings. The number of esters is 1. The fourth-order valence-corrected chi connectivity index (χ4v) is 3.51. The fourth-order valence-electron chi connectivity index (χ4n) is 2.47. The van der Waals surface area contributed by atoms with Crippen LogP contribution in [0.15, 0.2) is 4.79 Å². The molecular formula is C16H22N2O4S. The SMILES string of the molecule is COCCc1nc2sc(C)c(C)c2c(=O)n1CCCC(=O)OC. The molecule has 0 aliphatic rings. The zero-order chi connectivity index (χ0) is 17.0. The van der Waals surface area contributed by atoms with E-state index in [-0.39, 0.29) is 17.9 Å². The Bertz CT molecular complexity index is 764. The summed E-state index contributed by atoms with van der Waals surface area (Å²) in [6.07, 6.45) is 1.39. The largest absolute Gasteiger partial charge is 0.469 e. The van der Waals surface area contributed by atoms with Gasteiger partial charge in [0.15, 0.2) is 0 Å². The Hall–Kier alpha value is -1.73. The van der Waals surface area contributed by atoms with E-state index in [1.54, 1.807) is 23.0 Å². The summed E-state index contributed by atoms with van der Waals surface area (Å²) in [5, 5.41) is 0.687. The highest BCUT2D eigenvalue weighted by atomic mass is 32.1. The first-order valence-corrected chi connectivity index (χ1v) is 8.36. The van der Waals surface area contributed by atoms with Gasteiger partial charge in [0.05, 0.1) is 19.1 Å². The molecule has 2 aromatic rings. The predicted molar refractivity (Wildman–Crippen MR) is 90.2 cm³/mol. The van der Waals surface area contributed by atoms with E-state index < -0.39 is 0 Å². The molecule has 0 radical (unpaired) electrons. The van der Waals surface area contributed by atoms with Crippen molar-refractivity contribution in [1.29, 1.82) is 0 Å². The van der Waals surface area contributed by atoms with Crippen molar-refractivity contribution < 1.29 is 14.3 Å². The average molecular weight is 338 g/mol. The Morgan fingerprint density at radius 1 is 1.30 bits per heavy atom. The van der Waals surface area contributed by atoms with Crippen molar-refractivity contribution in [2.45, 2.75) is 39.7 Å². The lowest BCUT2D eigenvalue weighted by Gasteiger charge is -2.12. The van der Waals surface area contributed by atoms with Crippen molar-refractivity contribution in [1.82, 2.24) is 9.55 Å². The number of aromatic nitrogens is 2. The third kappa shape index (κ3) is 3.79. The molecular weight excluding hydrogens is 316 g/mol. The van der Waals surface area contributed by atoms with Crippen LogP contribution in [0.5, 0.6) is 0 Å². The van der Waals surface area contributed by atoms with Crippen LogP contribution in [0.1, 0.15) is 29.1 Å². The number of carbonyl (C=O) groups excluding carboxylic acids is 1. The summed E-state index contributed by atoms with van der Waals surface area (Å²) in [6, 6.07) is 0. The Morgan fingerprint density at radius 2 is 2.04 bits per heavy atom. The minimum Gasteiger partial charge on any atom is -0.469 e. The molecule has 0 unspecified atom stereocenters. The highest BCUT2D eigenvalue weighted by molar-refractivity contribution is 7.18. The van der Waals surface area contributed by atoms with Crippen LogP contribution in [0.4, 0.5) is 0 Å². The van der Waals surface area contributed by atoms with Gasteiger partial charge in [0, 0.05) is 31.4 Å². The molecule has 0 spiro atoms. The molecule has 23 heavy (non-hydrogen) atoms. The second-order valence-corrected chi connectivity index (χ2v) is 6.57. The lowest BCUT2D eigenvalue weighted by molar-refractivity contribution is -0.140. The molecule has 0 saturated carbocycles. The molecule has 0 saturated heterocycles. The molecule has 126 valence electrons. The molecule has 0 aliphatic carbocycles. The van der Waals surface area contributed by atoms with Crippen LogP contribution < -0.4 is 5.56 Å². The first-order valence-electron chi connectivity index (χ1n) is 7.54. The number of rotatable bonds is 7.